The van der Waals surface area contributed by atoms with E-state index in [1.54, 1.807) is 49.9 Å². The van der Waals surface area contributed by atoms with Crippen LogP contribution in [0.4, 0.5) is 0 Å². The Kier molecular flexibility index (Phi) is 14.9. The van der Waals surface area contributed by atoms with Gasteiger partial charge in [-0.2, -0.15) is 4.72 Å². The van der Waals surface area contributed by atoms with Crippen molar-refractivity contribution in [2.24, 2.45) is 5.73 Å². The number of aliphatic hydroxyl groups excluding tert-OH is 3. The summed E-state index contributed by atoms with van der Waals surface area (Å²) in [5.74, 6) is -2.75. The molecule has 7 atom stereocenters. The van der Waals surface area contributed by atoms with Crippen LogP contribution < -0.4 is 31.1 Å². The Bertz CT molecular complexity index is 1890. The number of aryl methyl sites for hydroxylation is 1. The Morgan fingerprint density at radius 1 is 1.00 bits per heavy atom. The van der Waals surface area contributed by atoms with Crippen LogP contribution in [0.3, 0.4) is 0 Å². The van der Waals surface area contributed by atoms with E-state index >= 15 is 0 Å². The van der Waals surface area contributed by atoms with Crippen molar-refractivity contribution in [1.29, 1.82) is 5.41 Å². The lowest BCUT2D eigenvalue weighted by Gasteiger charge is -2.42. The van der Waals surface area contributed by atoms with Crippen molar-refractivity contribution < 1.29 is 52.4 Å². The lowest BCUT2D eigenvalue weighted by atomic mass is 9.95. The lowest BCUT2D eigenvalue weighted by molar-refractivity contribution is -0.203. The summed E-state index contributed by atoms with van der Waals surface area (Å²) >= 11 is 0. The summed E-state index contributed by atoms with van der Waals surface area (Å²) in [6.07, 6.45) is -4.65. The molecule has 2 aromatic carbocycles. The molecule has 2 aliphatic rings. The largest absolute Gasteiger partial charge is 0.496 e. The van der Waals surface area contributed by atoms with Gasteiger partial charge in [-0.3, -0.25) is 24.6 Å². The SMILES string of the molecule is COc1cc(C)c(S(=O)(=O)N[C@@H](CC(=O)NC2OC(CO)C(O)C(O)C2NC(C)=O)C(=O)N[C@H](Cc2ccc(C(=N)N)cc2)C(=O)N2CCCCC2)c(C)c1C. The molecule has 308 valence electrons. The quantitative estimate of drug-likeness (QED) is 0.0754. The topological polar surface area (TPSA) is 283 Å². The molecule has 56 heavy (non-hydrogen) atoms. The van der Waals surface area contributed by atoms with Gasteiger partial charge in [0.25, 0.3) is 0 Å². The maximum absolute atomic E-state index is 14.3. The van der Waals surface area contributed by atoms with Crippen molar-refractivity contribution >= 4 is 39.5 Å². The van der Waals surface area contributed by atoms with Crippen LogP contribution in [0, 0.1) is 26.2 Å². The van der Waals surface area contributed by atoms with Gasteiger partial charge in [0, 0.05) is 32.0 Å². The molecule has 0 aromatic heterocycles. The molecule has 10 N–H and O–H groups in total. The summed E-state index contributed by atoms with van der Waals surface area (Å²) < 4.78 is 41.7. The number of nitrogens with one attached hydrogen (secondary N) is 5. The minimum absolute atomic E-state index is 0.0160. The van der Waals surface area contributed by atoms with Crippen molar-refractivity contribution in [3.63, 3.8) is 0 Å². The van der Waals surface area contributed by atoms with Crippen LogP contribution >= 0.6 is 0 Å². The number of nitrogens with two attached hydrogens (primary N) is 1. The van der Waals surface area contributed by atoms with E-state index in [0.717, 1.165) is 26.2 Å². The smallest absolute Gasteiger partial charge is 0.245 e. The van der Waals surface area contributed by atoms with E-state index in [9.17, 15) is 42.9 Å². The number of benzene rings is 2. The first-order valence-corrected chi connectivity index (χ1v) is 19.7. The van der Waals surface area contributed by atoms with Crippen molar-refractivity contribution in [3.05, 3.63) is 58.1 Å². The van der Waals surface area contributed by atoms with E-state index in [4.69, 9.17) is 20.6 Å². The number of carbonyl (C=O) groups is 4. The molecule has 0 bridgehead atoms. The molecule has 2 fully saturated rings. The summed E-state index contributed by atoms with van der Waals surface area (Å²) in [6, 6.07) is 3.63. The molecule has 0 saturated carbocycles. The molecular weight excluding hydrogens is 751 g/mol. The van der Waals surface area contributed by atoms with Crippen LogP contribution in [0.2, 0.25) is 0 Å². The number of nitrogens with zero attached hydrogens (tertiary/aromatic N) is 1. The number of nitrogen functional groups attached to an aromatic ring is 1. The molecule has 0 radical (unpaired) electrons. The number of ether oxygens (including phenoxy) is 2. The summed E-state index contributed by atoms with van der Waals surface area (Å²) in [4.78, 5) is 55.4. The number of hydrogen-bond acceptors (Lipinski definition) is 12. The molecular formula is C37H53N7O11S. The number of amidine groups is 1. The van der Waals surface area contributed by atoms with Crippen LogP contribution in [-0.2, 0) is 40.4 Å². The summed E-state index contributed by atoms with van der Waals surface area (Å²) in [7, 11) is -3.12. The Morgan fingerprint density at radius 3 is 2.21 bits per heavy atom. The highest BCUT2D eigenvalue weighted by atomic mass is 32.2. The zero-order valence-corrected chi connectivity index (χ0v) is 32.9. The second kappa shape index (κ2) is 19.0. The standard InChI is InChI=1S/C37H53N7O11S/c1-19-15-27(54-5)20(2)21(3)33(19)56(52,53)43-25(17-29(47)42-36-30(40-22(4)46)32(49)31(48)28(18-45)55-36)35(50)41-26(37(51)44-13-7-6-8-14-44)16-23-9-11-24(12-10-23)34(38)39/h9-12,15,25-26,28,30-32,36,43,45,48-49H,6-8,13-14,16-18H2,1-5H3,(H3,38,39)(H,40,46)(H,41,50)(H,42,47)/t25-,26+,28?,30?,31?,32?,36?/m0/s1. The van der Waals surface area contributed by atoms with Gasteiger partial charge in [0.1, 0.15) is 48.0 Å². The minimum atomic E-state index is -4.56. The predicted molar refractivity (Wildman–Crippen MR) is 203 cm³/mol. The lowest BCUT2D eigenvalue weighted by Crippen LogP contribution is -2.68. The van der Waals surface area contributed by atoms with Crippen molar-refractivity contribution in [1.82, 2.24) is 25.6 Å². The molecule has 2 saturated heterocycles. The van der Waals surface area contributed by atoms with Gasteiger partial charge in [-0.25, -0.2) is 8.42 Å². The van der Waals surface area contributed by atoms with E-state index in [1.165, 1.54) is 13.2 Å². The van der Waals surface area contributed by atoms with Gasteiger partial charge in [0.05, 0.1) is 25.0 Å². The first kappa shape index (κ1) is 44.1. The number of rotatable bonds is 15. The van der Waals surface area contributed by atoms with E-state index in [0.29, 0.717) is 46.7 Å². The monoisotopic (exact) mass is 803 g/mol. The molecule has 2 heterocycles. The zero-order valence-electron chi connectivity index (χ0n) is 32.1. The highest BCUT2D eigenvalue weighted by molar-refractivity contribution is 7.89. The van der Waals surface area contributed by atoms with Gasteiger partial charge in [-0.1, -0.05) is 24.3 Å². The number of amides is 4. The fraction of sp³-hybridized carbons (Fsp3) is 0.541. The Labute approximate surface area is 326 Å². The second-order valence-corrected chi connectivity index (χ2v) is 15.8. The highest BCUT2D eigenvalue weighted by Crippen LogP contribution is 2.31. The van der Waals surface area contributed by atoms with Crippen molar-refractivity contribution in [2.45, 2.75) is 107 Å². The molecule has 19 heteroatoms. The van der Waals surface area contributed by atoms with Gasteiger partial charge < -0.3 is 51.4 Å². The van der Waals surface area contributed by atoms with Crippen molar-refractivity contribution in [2.75, 3.05) is 26.8 Å². The van der Waals surface area contributed by atoms with Crippen LogP contribution in [-0.4, -0.2) is 128 Å². The van der Waals surface area contributed by atoms with Gasteiger partial charge >= 0.3 is 0 Å². The number of sulfonamides is 1. The van der Waals surface area contributed by atoms with E-state index < -0.39 is 89.3 Å². The molecule has 2 aromatic rings. The van der Waals surface area contributed by atoms with Gasteiger partial charge in [-0.05, 0) is 68.4 Å². The number of likely N-dealkylation sites (tertiary alicyclic amines) is 1. The summed E-state index contributed by atoms with van der Waals surface area (Å²) in [6.45, 7) is 6.08. The van der Waals surface area contributed by atoms with Gasteiger partial charge in [0.15, 0.2) is 6.23 Å². The fourth-order valence-corrected chi connectivity index (χ4v) is 8.70. The fourth-order valence-electron chi connectivity index (χ4n) is 6.98. The molecule has 5 unspecified atom stereocenters. The molecule has 4 amide bonds. The number of aliphatic hydroxyl groups is 3. The third kappa shape index (κ3) is 10.6. The number of methoxy groups -OCH3 is 1. The van der Waals surface area contributed by atoms with Gasteiger partial charge in [0.2, 0.25) is 33.7 Å². The number of carbonyl (C=O) groups excluding carboxylic acids is 4. The molecule has 0 aliphatic carbocycles. The van der Waals surface area contributed by atoms with Crippen LogP contribution in [0.25, 0.3) is 0 Å². The summed E-state index contributed by atoms with van der Waals surface area (Å²) in [5, 5.41) is 46.1. The van der Waals surface area contributed by atoms with Gasteiger partial charge in [-0.15, -0.1) is 0 Å². The average molecular weight is 804 g/mol. The Morgan fingerprint density at radius 2 is 1.64 bits per heavy atom. The first-order chi connectivity index (χ1) is 26.4. The van der Waals surface area contributed by atoms with E-state index in [2.05, 4.69) is 20.7 Å². The Balaban J connectivity index is 1.70. The maximum Gasteiger partial charge on any atom is 0.245 e. The zero-order chi connectivity index (χ0) is 41.5. The molecule has 2 aliphatic heterocycles. The van der Waals surface area contributed by atoms with Crippen molar-refractivity contribution in [3.8, 4) is 5.75 Å². The number of piperidine rings is 1. The molecule has 18 nitrogen and oxygen atoms in total. The molecule has 4 rings (SSSR count). The maximum atomic E-state index is 14.3. The normalized spacial score (nSPS) is 22.4. The highest BCUT2D eigenvalue weighted by Gasteiger charge is 2.46. The van der Waals surface area contributed by atoms with Crippen LogP contribution in [0.5, 0.6) is 5.75 Å². The third-order valence-corrected chi connectivity index (χ3v) is 11.8. The number of hydrogen-bond donors (Lipinski definition) is 9. The van der Waals surface area contributed by atoms with E-state index in [-0.39, 0.29) is 17.2 Å². The van der Waals surface area contributed by atoms with Crippen LogP contribution in [0.15, 0.2) is 35.2 Å². The second-order valence-electron chi connectivity index (χ2n) is 14.2. The van der Waals surface area contributed by atoms with E-state index in [1.807, 2.05) is 0 Å². The Hall–Kier alpha value is -4.66. The first-order valence-electron chi connectivity index (χ1n) is 18.3. The average Bonchev–Trinajstić information content (AvgIpc) is 3.15. The molecule has 0 spiro atoms. The minimum Gasteiger partial charge on any atom is -0.496 e. The predicted octanol–water partition coefficient (Wildman–Crippen LogP) is -1.26. The summed E-state index contributed by atoms with van der Waals surface area (Å²) in [5.41, 5.74) is 7.82. The van der Waals surface area contributed by atoms with Crippen LogP contribution in [0.1, 0.15) is 60.4 Å². The third-order valence-electron chi connectivity index (χ3n) is 10.1.